The van der Waals surface area contributed by atoms with E-state index in [1.54, 1.807) is 0 Å². The number of sulfonamides is 1. The zero-order chi connectivity index (χ0) is 16.1. The summed E-state index contributed by atoms with van der Waals surface area (Å²) in [7, 11) is -3.55. The van der Waals surface area contributed by atoms with Crippen LogP contribution < -0.4 is 4.31 Å². The van der Waals surface area contributed by atoms with Gasteiger partial charge in [-0.15, -0.1) is 0 Å². The molecule has 0 atom stereocenters. The van der Waals surface area contributed by atoms with E-state index in [-0.39, 0.29) is 23.9 Å². The highest BCUT2D eigenvalue weighted by Gasteiger charge is 2.35. The van der Waals surface area contributed by atoms with Gasteiger partial charge in [-0.05, 0) is 24.6 Å². The fourth-order valence-corrected chi connectivity index (χ4v) is 4.34. The van der Waals surface area contributed by atoms with Crippen molar-refractivity contribution in [1.82, 2.24) is 0 Å². The molecule has 0 unspecified atom stereocenters. The molecule has 22 heavy (non-hydrogen) atoms. The number of aromatic hydroxyl groups is 2. The summed E-state index contributed by atoms with van der Waals surface area (Å²) in [6, 6.07) is 4.46. The second-order valence-corrected chi connectivity index (χ2v) is 7.72. The van der Waals surface area contributed by atoms with Gasteiger partial charge in [-0.25, -0.2) is 12.7 Å². The van der Waals surface area contributed by atoms with Gasteiger partial charge in [-0.1, -0.05) is 23.2 Å². The van der Waals surface area contributed by atoms with Gasteiger partial charge in [0.15, 0.2) is 5.76 Å². The van der Waals surface area contributed by atoms with E-state index in [1.165, 1.54) is 18.2 Å². The topological polar surface area (TPSA) is 91.0 Å². The van der Waals surface area contributed by atoms with E-state index >= 15 is 0 Å². The normalized spacial score (nSPS) is 17.1. The Morgan fingerprint density at radius 3 is 2.27 bits per heavy atom. The molecule has 3 rings (SSSR count). The van der Waals surface area contributed by atoms with Crippen LogP contribution in [0.2, 0.25) is 10.0 Å². The summed E-state index contributed by atoms with van der Waals surface area (Å²) in [6.45, 7) is 0.179. The number of hydrogen-bond acceptors (Lipinski definition) is 5. The van der Waals surface area contributed by atoms with Gasteiger partial charge in [0.1, 0.15) is 0 Å². The molecule has 0 radical (unpaired) electrons. The van der Waals surface area contributed by atoms with E-state index in [2.05, 4.69) is 0 Å². The zero-order valence-corrected chi connectivity index (χ0v) is 13.4. The molecule has 1 aromatic carbocycles. The maximum absolute atomic E-state index is 11.9. The number of nitrogens with zero attached hydrogens (tertiary/aromatic N) is 1. The van der Waals surface area contributed by atoms with Crippen LogP contribution in [0.15, 0.2) is 22.6 Å². The molecule has 2 N–H and O–H groups in total. The number of rotatable bonds is 2. The molecule has 1 aliphatic rings. The molecular formula is C13H11Cl2NO5S. The van der Waals surface area contributed by atoms with Crippen LogP contribution in [0.4, 0.5) is 5.88 Å². The fraction of sp³-hybridized carbons (Fsp3) is 0.231. The van der Waals surface area contributed by atoms with Crippen LogP contribution in [0.5, 0.6) is 11.5 Å². The molecule has 1 saturated heterocycles. The summed E-state index contributed by atoms with van der Waals surface area (Å²) in [5.74, 6) is -1.63. The Bertz CT molecular complexity index is 826. The van der Waals surface area contributed by atoms with Crippen molar-refractivity contribution in [2.45, 2.75) is 6.42 Å². The minimum Gasteiger partial charge on any atom is -0.502 e. The average Bonchev–Trinajstić information content (AvgIpc) is 2.90. The molecule has 0 amide bonds. The van der Waals surface area contributed by atoms with Crippen molar-refractivity contribution in [2.24, 2.45) is 0 Å². The number of anilines is 1. The molecule has 118 valence electrons. The molecule has 0 saturated carbocycles. The van der Waals surface area contributed by atoms with Crippen molar-refractivity contribution in [3.63, 3.8) is 0 Å². The second-order valence-electron chi connectivity index (χ2n) is 4.83. The minimum absolute atomic E-state index is 0.0355. The highest BCUT2D eigenvalue weighted by atomic mass is 35.5. The van der Waals surface area contributed by atoms with Crippen molar-refractivity contribution in [3.8, 4) is 22.8 Å². The fourth-order valence-electron chi connectivity index (χ4n) is 2.32. The van der Waals surface area contributed by atoms with Gasteiger partial charge < -0.3 is 14.6 Å². The highest BCUT2D eigenvalue weighted by Crippen LogP contribution is 2.48. The largest absolute Gasteiger partial charge is 0.502 e. The summed E-state index contributed by atoms with van der Waals surface area (Å²) in [4.78, 5) is 0. The third kappa shape index (κ3) is 2.49. The maximum Gasteiger partial charge on any atom is 0.256 e. The lowest BCUT2D eigenvalue weighted by atomic mass is 10.1. The molecule has 1 aromatic heterocycles. The van der Waals surface area contributed by atoms with Crippen molar-refractivity contribution in [2.75, 3.05) is 16.6 Å². The van der Waals surface area contributed by atoms with Gasteiger partial charge >= 0.3 is 0 Å². The quantitative estimate of drug-likeness (QED) is 0.854. The molecule has 6 nitrogen and oxygen atoms in total. The van der Waals surface area contributed by atoms with Crippen LogP contribution in [-0.2, 0) is 10.0 Å². The first-order valence-corrected chi connectivity index (χ1v) is 8.67. The number of hydrogen-bond donors (Lipinski definition) is 2. The minimum atomic E-state index is -3.55. The summed E-state index contributed by atoms with van der Waals surface area (Å²) in [5, 5.41) is 20.7. The first-order chi connectivity index (χ1) is 10.3. The van der Waals surface area contributed by atoms with Crippen LogP contribution in [0, 0.1) is 0 Å². The van der Waals surface area contributed by atoms with Gasteiger partial charge in [0, 0.05) is 22.2 Å². The van der Waals surface area contributed by atoms with Gasteiger partial charge in [-0.3, -0.25) is 0 Å². The van der Waals surface area contributed by atoms with Crippen molar-refractivity contribution >= 4 is 39.1 Å². The smallest absolute Gasteiger partial charge is 0.256 e. The Hall–Kier alpha value is -1.57. The Labute approximate surface area is 136 Å². The summed E-state index contributed by atoms with van der Waals surface area (Å²) in [6.07, 6.45) is 0.418. The lowest BCUT2D eigenvalue weighted by Crippen LogP contribution is -2.24. The van der Waals surface area contributed by atoms with Gasteiger partial charge in [0.05, 0.1) is 5.75 Å². The van der Waals surface area contributed by atoms with Crippen molar-refractivity contribution in [1.29, 1.82) is 0 Å². The van der Waals surface area contributed by atoms with Gasteiger partial charge in [-0.2, -0.15) is 0 Å². The van der Waals surface area contributed by atoms with Crippen molar-refractivity contribution < 1.29 is 23.0 Å². The Morgan fingerprint density at radius 2 is 1.73 bits per heavy atom. The van der Waals surface area contributed by atoms with Crippen LogP contribution in [0.3, 0.4) is 0 Å². The lowest BCUT2D eigenvalue weighted by Gasteiger charge is -2.12. The number of halogens is 2. The summed E-state index contributed by atoms with van der Waals surface area (Å²) in [5.41, 5.74) is 0.327. The predicted molar refractivity (Wildman–Crippen MR) is 83.2 cm³/mol. The van der Waals surface area contributed by atoms with Crippen LogP contribution in [-0.4, -0.2) is 30.9 Å². The molecule has 0 aliphatic carbocycles. The van der Waals surface area contributed by atoms with E-state index in [9.17, 15) is 18.6 Å². The predicted octanol–water partition coefficient (Wildman–Crippen LogP) is 3.20. The van der Waals surface area contributed by atoms with E-state index in [4.69, 9.17) is 27.6 Å². The Morgan fingerprint density at radius 1 is 1.09 bits per heavy atom. The molecule has 0 spiro atoms. The zero-order valence-electron chi connectivity index (χ0n) is 11.1. The van der Waals surface area contributed by atoms with Gasteiger partial charge in [0.25, 0.3) is 5.88 Å². The maximum atomic E-state index is 11.9. The van der Waals surface area contributed by atoms with Gasteiger partial charge in [0.2, 0.25) is 21.5 Å². The van der Waals surface area contributed by atoms with E-state index in [0.717, 1.165) is 4.31 Å². The van der Waals surface area contributed by atoms with E-state index in [1.807, 2.05) is 0 Å². The molecule has 2 aromatic rings. The highest BCUT2D eigenvalue weighted by molar-refractivity contribution is 7.93. The first kappa shape index (κ1) is 15.3. The van der Waals surface area contributed by atoms with Crippen molar-refractivity contribution in [3.05, 3.63) is 28.2 Å². The Balaban J connectivity index is 2.14. The molecule has 1 aliphatic heterocycles. The molecule has 0 bridgehead atoms. The lowest BCUT2D eigenvalue weighted by molar-refractivity contribution is 0.409. The summed E-state index contributed by atoms with van der Waals surface area (Å²) < 4.78 is 30.2. The average molecular weight is 364 g/mol. The van der Waals surface area contributed by atoms with E-state index < -0.39 is 21.5 Å². The standard InChI is InChI=1S/C13H11Cl2NO5S/c14-8-4-7(5-9(15)6-8)12-10(17)11(18)13(21-12)16-2-1-3-22(16,19)20/h4-6,17-18H,1-3H2. The molecular weight excluding hydrogens is 353 g/mol. The van der Waals surface area contributed by atoms with E-state index in [0.29, 0.717) is 22.0 Å². The summed E-state index contributed by atoms with van der Waals surface area (Å²) >= 11 is 11.8. The first-order valence-electron chi connectivity index (χ1n) is 6.31. The number of furan rings is 1. The Kier molecular flexibility index (Phi) is 3.66. The number of benzene rings is 1. The third-order valence-corrected chi connectivity index (χ3v) is 5.55. The van der Waals surface area contributed by atoms with Crippen LogP contribution >= 0.6 is 23.2 Å². The third-order valence-electron chi connectivity index (χ3n) is 3.29. The monoisotopic (exact) mass is 363 g/mol. The SMILES string of the molecule is O=S1(=O)CCCN1c1oc(-c2cc(Cl)cc(Cl)c2)c(O)c1O. The van der Waals surface area contributed by atoms with Crippen LogP contribution in [0.1, 0.15) is 6.42 Å². The molecule has 1 fully saturated rings. The molecule has 9 heteroatoms. The second kappa shape index (κ2) is 5.26. The van der Waals surface area contributed by atoms with Crippen LogP contribution in [0.25, 0.3) is 11.3 Å². The molecule has 2 heterocycles.